The molecular weight excluding hydrogens is 295 g/mol. The van der Waals surface area contributed by atoms with Gasteiger partial charge in [0.2, 0.25) is 0 Å². The molecule has 2 unspecified atom stereocenters. The Morgan fingerprint density at radius 2 is 2.25 bits per heavy atom. The Labute approximate surface area is 131 Å². The number of hydrogen-bond donors (Lipinski definition) is 1. The van der Waals surface area contributed by atoms with E-state index in [9.17, 15) is 0 Å². The summed E-state index contributed by atoms with van der Waals surface area (Å²) in [6.45, 7) is 5.74. The number of nitrogens with zero attached hydrogens (tertiary/aromatic N) is 1. The van der Waals surface area contributed by atoms with Crippen molar-refractivity contribution in [2.45, 2.75) is 25.5 Å². The number of halogens is 2. The summed E-state index contributed by atoms with van der Waals surface area (Å²) in [4.78, 5) is 2.30. The van der Waals surface area contributed by atoms with Gasteiger partial charge >= 0.3 is 0 Å². The molecule has 112 valence electrons. The van der Waals surface area contributed by atoms with Crippen LogP contribution < -0.4 is 5.32 Å². The summed E-state index contributed by atoms with van der Waals surface area (Å²) in [5.74, 6) is 0. The third kappa shape index (κ3) is 4.09. The average Bonchev–Trinajstić information content (AvgIpc) is 2.43. The molecule has 0 spiro atoms. The van der Waals surface area contributed by atoms with Crippen LogP contribution in [0.2, 0.25) is 10.0 Å². The molecule has 1 heterocycles. The topological polar surface area (TPSA) is 24.5 Å². The van der Waals surface area contributed by atoms with Crippen LogP contribution in [0, 0.1) is 0 Å². The minimum absolute atomic E-state index is 0.184. The van der Waals surface area contributed by atoms with E-state index in [1.807, 2.05) is 18.2 Å². The molecular formula is C15H22Cl2N2O. The van der Waals surface area contributed by atoms with Crippen molar-refractivity contribution in [2.24, 2.45) is 0 Å². The average molecular weight is 317 g/mol. The van der Waals surface area contributed by atoms with Crippen LogP contribution in [0.15, 0.2) is 18.2 Å². The molecule has 0 bridgehead atoms. The zero-order valence-corrected chi connectivity index (χ0v) is 13.5. The van der Waals surface area contributed by atoms with Crippen LogP contribution in [0.3, 0.4) is 0 Å². The smallest absolute Gasteiger partial charge is 0.0858 e. The van der Waals surface area contributed by atoms with E-state index in [4.69, 9.17) is 27.9 Å². The quantitative estimate of drug-likeness (QED) is 0.904. The SMILES string of the molecule is CCNC(Cc1cccc(Cl)c1Cl)C1CN(C)CCO1. The van der Waals surface area contributed by atoms with E-state index in [1.165, 1.54) is 0 Å². The van der Waals surface area contributed by atoms with Crippen molar-refractivity contribution in [3.8, 4) is 0 Å². The van der Waals surface area contributed by atoms with Gasteiger partial charge in [-0.05, 0) is 31.6 Å². The summed E-state index contributed by atoms with van der Waals surface area (Å²) >= 11 is 12.4. The lowest BCUT2D eigenvalue weighted by atomic mass is 10.00. The van der Waals surface area contributed by atoms with E-state index >= 15 is 0 Å². The first-order valence-electron chi connectivity index (χ1n) is 7.08. The lowest BCUT2D eigenvalue weighted by Crippen LogP contribution is -2.52. The van der Waals surface area contributed by atoms with Crippen molar-refractivity contribution in [1.82, 2.24) is 10.2 Å². The molecule has 3 nitrogen and oxygen atoms in total. The fraction of sp³-hybridized carbons (Fsp3) is 0.600. The van der Waals surface area contributed by atoms with Gasteiger partial charge in [-0.25, -0.2) is 0 Å². The Balaban J connectivity index is 2.10. The van der Waals surface area contributed by atoms with E-state index in [0.29, 0.717) is 10.0 Å². The van der Waals surface area contributed by atoms with Gasteiger partial charge in [-0.1, -0.05) is 42.3 Å². The van der Waals surface area contributed by atoms with Crippen LogP contribution in [-0.4, -0.2) is 50.3 Å². The molecule has 1 N–H and O–H groups in total. The molecule has 5 heteroatoms. The maximum Gasteiger partial charge on any atom is 0.0858 e. The first-order chi connectivity index (χ1) is 9.61. The van der Waals surface area contributed by atoms with Gasteiger partial charge < -0.3 is 15.0 Å². The van der Waals surface area contributed by atoms with Crippen LogP contribution in [0.5, 0.6) is 0 Å². The van der Waals surface area contributed by atoms with Crippen LogP contribution in [0.4, 0.5) is 0 Å². The molecule has 2 rings (SSSR count). The minimum Gasteiger partial charge on any atom is -0.374 e. The molecule has 0 aromatic heterocycles. The van der Waals surface area contributed by atoms with E-state index in [0.717, 1.165) is 38.2 Å². The van der Waals surface area contributed by atoms with Crippen molar-refractivity contribution in [2.75, 3.05) is 33.3 Å². The zero-order valence-electron chi connectivity index (χ0n) is 12.0. The van der Waals surface area contributed by atoms with Gasteiger partial charge in [-0.15, -0.1) is 0 Å². The monoisotopic (exact) mass is 316 g/mol. The Kier molecular flexibility index (Phi) is 6.12. The molecule has 1 aliphatic heterocycles. The molecule has 1 fully saturated rings. The van der Waals surface area contributed by atoms with Crippen molar-refractivity contribution in [1.29, 1.82) is 0 Å². The zero-order chi connectivity index (χ0) is 14.5. The fourth-order valence-corrected chi connectivity index (χ4v) is 2.99. The Bertz CT molecular complexity index is 442. The highest BCUT2D eigenvalue weighted by atomic mass is 35.5. The normalized spacial score (nSPS) is 21.9. The van der Waals surface area contributed by atoms with Crippen LogP contribution >= 0.6 is 23.2 Å². The molecule has 0 saturated carbocycles. The molecule has 20 heavy (non-hydrogen) atoms. The molecule has 1 aromatic rings. The van der Waals surface area contributed by atoms with Gasteiger partial charge in [0.25, 0.3) is 0 Å². The number of benzene rings is 1. The van der Waals surface area contributed by atoms with Gasteiger partial charge in [0.15, 0.2) is 0 Å². The predicted octanol–water partition coefficient (Wildman–Crippen LogP) is 2.84. The summed E-state index contributed by atoms with van der Waals surface area (Å²) in [6, 6.07) is 6.05. The van der Waals surface area contributed by atoms with Gasteiger partial charge in [0, 0.05) is 19.1 Å². The van der Waals surface area contributed by atoms with E-state index < -0.39 is 0 Å². The predicted molar refractivity (Wildman–Crippen MR) is 84.9 cm³/mol. The molecule has 0 aliphatic carbocycles. The highest BCUT2D eigenvalue weighted by Crippen LogP contribution is 2.27. The lowest BCUT2D eigenvalue weighted by Gasteiger charge is -2.35. The summed E-state index contributed by atoms with van der Waals surface area (Å²) < 4.78 is 5.93. The Hall–Kier alpha value is -0.320. The van der Waals surface area contributed by atoms with Crippen molar-refractivity contribution in [3.05, 3.63) is 33.8 Å². The summed E-state index contributed by atoms with van der Waals surface area (Å²) in [7, 11) is 2.13. The Morgan fingerprint density at radius 3 is 2.95 bits per heavy atom. The number of rotatable bonds is 5. The first kappa shape index (κ1) is 16.1. The van der Waals surface area contributed by atoms with E-state index in [2.05, 4.69) is 24.2 Å². The molecule has 1 aromatic carbocycles. The number of nitrogens with one attached hydrogen (secondary N) is 1. The second-order valence-electron chi connectivity index (χ2n) is 5.25. The first-order valence-corrected chi connectivity index (χ1v) is 7.83. The fourth-order valence-electron chi connectivity index (χ4n) is 2.59. The van der Waals surface area contributed by atoms with E-state index in [-0.39, 0.29) is 12.1 Å². The van der Waals surface area contributed by atoms with Gasteiger partial charge in [0.1, 0.15) is 0 Å². The lowest BCUT2D eigenvalue weighted by molar-refractivity contribution is -0.0381. The van der Waals surface area contributed by atoms with Gasteiger partial charge in [-0.3, -0.25) is 0 Å². The second-order valence-corrected chi connectivity index (χ2v) is 6.04. The molecule has 1 saturated heterocycles. The van der Waals surface area contributed by atoms with Gasteiger partial charge in [0.05, 0.1) is 22.8 Å². The summed E-state index contributed by atoms with van der Waals surface area (Å²) in [5.41, 5.74) is 1.07. The summed E-state index contributed by atoms with van der Waals surface area (Å²) in [6.07, 6.45) is 1.01. The number of likely N-dealkylation sites (N-methyl/N-ethyl adjacent to an activating group) is 2. The van der Waals surface area contributed by atoms with Crippen molar-refractivity contribution in [3.63, 3.8) is 0 Å². The molecule has 1 aliphatic rings. The third-order valence-corrected chi connectivity index (χ3v) is 4.54. The standard InChI is InChI=1S/C15H22Cl2N2O/c1-3-18-13(14-10-19(2)7-8-20-14)9-11-5-4-6-12(16)15(11)17/h4-6,13-14,18H,3,7-10H2,1-2H3. The van der Waals surface area contributed by atoms with Crippen molar-refractivity contribution >= 4 is 23.2 Å². The molecule has 0 radical (unpaired) electrons. The maximum atomic E-state index is 6.29. The molecule has 0 amide bonds. The van der Waals surface area contributed by atoms with E-state index in [1.54, 1.807) is 0 Å². The highest BCUT2D eigenvalue weighted by Gasteiger charge is 2.27. The van der Waals surface area contributed by atoms with Crippen LogP contribution in [0.1, 0.15) is 12.5 Å². The molecule has 2 atom stereocenters. The minimum atomic E-state index is 0.184. The second kappa shape index (κ2) is 7.62. The van der Waals surface area contributed by atoms with Crippen LogP contribution in [-0.2, 0) is 11.2 Å². The highest BCUT2D eigenvalue weighted by molar-refractivity contribution is 6.42. The maximum absolute atomic E-state index is 6.29. The van der Waals surface area contributed by atoms with Gasteiger partial charge in [-0.2, -0.15) is 0 Å². The van der Waals surface area contributed by atoms with Crippen LogP contribution in [0.25, 0.3) is 0 Å². The largest absolute Gasteiger partial charge is 0.374 e. The summed E-state index contributed by atoms with van der Waals surface area (Å²) in [5, 5.41) is 4.78. The Morgan fingerprint density at radius 1 is 1.45 bits per heavy atom. The number of morpholine rings is 1. The third-order valence-electron chi connectivity index (χ3n) is 3.68. The van der Waals surface area contributed by atoms with Crippen molar-refractivity contribution < 1.29 is 4.74 Å². The number of ether oxygens (including phenoxy) is 1. The number of hydrogen-bond acceptors (Lipinski definition) is 3.